The van der Waals surface area contributed by atoms with Crippen LogP contribution in [0.25, 0.3) is 0 Å². The van der Waals surface area contributed by atoms with Crippen LogP contribution in [0.3, 0.4) is 0 Å². The monoisotopic (exact) mass is 217 g/mol. The van der Waals surface area contributed by atoms with Gasteiger partial charge in [-0.05, 0) is 49.3 Å². The number of nitrogens with two attached hydrogens (primary N) is 1. The van der Waals surface area contributed by atoms with Crippen LogP contribution in [0.15, 0.2) is 18.2 Å². The molecule has 2 N–H and O–H groups in total. The highest BCUT2D eigenvalue weighted by Gasteiger charge is 2.41. The molecule has 0 bridgehead atoms. The molecule has 1 saturated carbocycles. The maximum atomic E-state index is 6.46. The summed E-state index contributed by atoms with van der Waals surface area (Å²) in [5.41, 5.74) is 10.5. The minimum absolute atomic E-state index is 0.0295. The first-order valence-corrected chi connectivity index (χ1v) is 6.42. The maximum Gasteiger partial charge on any atom is 0.0415 e. The molecule has 16 heavy (non-hydrogen) atoms. The van der Waals surface area contributed by atoms with Crippen molar-refractivity contribution in [2.75, 3.05) is 0 Å². The molecule has 1 aliphatic carbocycles. The van der Waals surface area contributed by atoms with Gasteiger partial charge in [-0.15, -0.1) is 0 Å². The first-order valence-electron chi connectivity index (χ1n) is 6.42. The summed E-state index contributed by atoms with van der Waals surface area (Å²) in [5.74, 6) is 0.858. The lowest BCUT2D eigenvalue weighted by molar-refractivity contribution is 0.138. The molecule has 1 aliphatic rings. The summed E-state index contributed by atoms with van der Waals surface area (Å²) in [6, 6.07) is 6.69. The molecule has 1 nitrogen and oxygen atoms in total. The van der Waals surface area contributed by atoms with E-state index in [0.29, 0.717) is 0 Å². The van der Waals surface area contributed by atoms with Gasteiger partial charge >= 0.3 is 0 Å². The number of hydrogen-bond acceptors (Lipinski definition) is 1. The summed E-state index contributed by atoms with van der Waals surface area (Å²) in [4.78, 5) is 0. The molecule has 0 atom stereocenters. The first kappa shape index (κ1) is 11.7. The Hall–Kier alpha value is -0.820. The Balaban J connectivity index is 2.11. The topological polar surface area (TPSA) is 26.0 Å². The van der Waals surface area contributed by atoms with E-state index in [1.807, 2.05) is 0 Å². The fourth-order valence-electron chi connectivity index (χ4n) is 2.87. The van der Waals surface area contributed by atoms with E-state index in [1.165, 1.54) is 42.4 Å². The van der Waals surface area contributed by atoms with Crippen LogP contribution in [-0.2, 0) is 5.54 Å². The van der Waals surface area contributed by atoms with Crippen molar-refractivity contribution in [3.05, 3.63) is 34.9 Å². The molecule has 1 aromatic rings. The van der Waals surface area contributed by atoms with Crippen LogP contribution in [0.4, 0.5) is 0 Å². The number of benzene rings is 1. The summed E-state index contributed by atoms with van der Waals surface area (Å²) in [6.45, 7) is 6.58. The second kappa shape index (κ2) is 4.21. The van der Waals surface area contributed by atoms with Gasteiger partial charge in [0.1, 0.15) is 0 Å². The Labute approximate surface area is 99.0 Å². The molecule has 0 heterocycles. The van der Waals surface area contributed by atoms with E-state index >= 15 is 0 Å². The Bertz CT molecular complexity index is 375. The van der Waals surface area contributed by atoms with Crippen molar-refractivity contribution in [2.24, 2.45) is 11.7 Å². The molecule has 1 aromatic carbocycles. The molecule has 0 saturated heterocycles. The summed E-state index contributed by atoms with van der Waals surface area (Å²) in [5, 5.41) is 0. The molecule has 0 spiro atoms. The van der Waals surface area contributed by atoms with Crippen LogP contribution < -0.4 is 5.73 Å². The standard InChI is InChI=1S/C15H23N/c1-4-5-13-9-15(16,10-13)14-7-6-11(2)12(3)8-14/h6-8,13H,4-5,9-10,16H2,1-3H3. The molecular formula is C15H23N. The Morgan fingerprint density at radius 3 is 2.50 bits per heavy atom. The van der Waals surface area contributed by atoms with Gasteiger partial charge in [0.2, 0.25) is 0 Å². The first-order chi connectivity index (χ1) is 7.55. The van der Waals surface area contributed by atoms with Gasteiger partial charge < -0.3 is 5.73 Å². The fourth-order valence-corrected chi connectivity index (χ4v) is 2.87. The zero-order valence-electron chi connectivity index (χ0n) is 10.7. The van der Waals surface area contributed by atoms with E-state index in [-0.39, 0.29) is 5.54 Å². The van der Waals surface area contributed by atoms with Crippen LogP contribution in [0.2, 0.25) is 0 Å². The predicted octanol–water partition coefficient (Wildman–Crippen LogP) is 3.67. The van der Waals surface area contributed by atoms with E-state index in [2.05, 4.69) is 39.0 Å². The van der Waals surface area contributed by atoms with Gasteiger partial charge in [-0.2, -0.15) is 0 Å². The van der Waals surface area contributed by atoms with Crippen LogP contribution in [0.1, 0.15) is 49.3 Å². The molecule has 1 heteroatoms. The Morgan fingerprint density at radius 2 is 1.94 bits per heavy atom. The Kier molecular flexibility index (Phi) is 3.07. The van der Waals surface area contributed by atoms with Gasteiger partial charge in [-0.3, -0.25) is 0 Å². The third kappa shape index (κ3) is 2.01. The van der Waals surface area contributed by atoms with E-state index in [4.69, 9.17) is 5.73 Å². The lowest BCUT2D eigenvalue weighted by Gasteiger charge is -2.45. The molecule has 0 amide bonds. The Morgan fingerprint density at radius 1 is 1.25 bits per heavy atom. The summed E-state index contributed by atoms with van der Waals surface area (Å²) in [7, 11) is 0. The van der Waals surface area contributed by atoms with Crippen molar-refractivity contribution < 1.29 is 0 Å². The smallest absolute Gasteiger partial charge is 0.0415 e. The average Bonchev–Trinajstić information content (AvgIpc) is 2.20. The molecule has 88 valence electrons. The number of rotatable bonds is 3. The van der Waals surface area contributed by atoms with Gasteiger partial charge in [0, 0.05) is 5.54 Å². The number of hydrogen-bond donors (Lipinski definition) is 1. The van der Waals surface area contributed by atoms with Crippen molar-refractivity contribution in [3.8, 4) is 0 Å². The van der Waals surface area contributed by atoms with Gasteiger partial charge in [0.25, 0.3) is 0 Å². The highest BCUT2D eigenvalue weighted by molar-refractivity contribution is 5.35. The number of aryl methyl sites for hydroxylation is 2. The zero-order valence-corrected chi connectivity index (χ0v) is 10.7. The predicted molar refractivity (Wildman–Crippen MR) is 69.4 cm³/mol. The van der Waals surface area contributed by atoms with Crippen LogP contribution in [0.5, 0.6) is 0 Å². The second-order valence-electron chi connectivity index (χ2n) is 5.52. The van der Waals surface area contributed by atoms with Crippen molar-refractivity contribution >= 4 is 0 Å². The summed E-state index contributed by atoms with van der Waals surface area (Å²) in [6.07, 6.45) is 4.96. The highest BCUT2D eigenvalue weighted by atomic mass is 14.8. The van der Waals surface area contributed by atoms with Crippen molar-refractivity contribution in [1.29, 1.82) is 0 Å². The molecule has 0 unspecified atom stereocenters. The van der Waals surface area contributed by atoms with E-state index in [1.54, 1.807) is 0 Å². The third-order valence-electron chi connectivity index (χ3n) is 4.08. The second-order valence-corrected chi connectivity index (χ2v) is 5.52. The largest absolute Gasteiger partial charge is 0.321 e. The lowest BCUT2D eigenvalue weighted by Crippen LogP contribution is -2.48. The van der Waals surface area contributed by atoms with E-state index in [0.717, 1.165) is 5.92 Å². The molecule has 2 rings (SSSR count). The maximum absolute atomic E-state index is 6.46. The molecular weight excluding hydrogens is 194 g/mol. The fraction of sp³-hybridized carbons (Fsp3) is 0.600. The molecule has 0 aliphatic heterocycles. The zero-order chi connectivity index (χ0) is 11.8. The van der Waals surface area contributed by atoms with Crippen molar-refractivity contribution in [2.45, 2.75) is 52.0 Å². The van der Waals surface area contributed by atoms with Gasteiger partial charge in [-0.1, -0.05) is 38.0 Å². The van der Waals surface area contributed by atoms with Crippen molar-refractivity contribution in [1.82, 2.24) is 0 Å². The molecule has 1 fully saturated rings. The summed E-state index contributed by atoms with van der Waals surface area (Å²) >= 11 is 0. The SMILES string of the molecule is CCCC1CC(N)(c2ccc(C)c(C)c2)C1. The van der Waals surface area contributed by atoms with Crippen LogP contribution >= 0.6 is 0 Å². The third-order valence-corrected chi connectivity index (χ3v) is 4.08. The minimum atomic E-state index is -0.0295. The highest BCUT2D eigenvalue weighted by Crippen LogP contribution is 2.45. The summed E-state index contributed by atoms with van der Waals surface area (Å²) < 4.78 is 0. The van der Waals surface area contributed by atoms with Gasteiger partial charge in [0.05, 0.1) is 0 Å². The van der Waals surface area contributed by atoms with Gasteiger partial charge in [0.15, 0.2) is 0 Å². The van der Waals surface area contributed by atoms with Crippen molar-refractivity contribution in [3.63, 3.8) is 0 Å². The molecule has 0 aromatic heterocycles. The molecule has 0 radical (unpaired) electrons. The van der Waals surface area contributed by atoms with E-state index in [9.17, 15) is 0 Å². The lowest BCUT2D eigenvalue weighted by atomic mass is 9.64. The van der Waals surface area contributed by atoms with Crippen LogP contribution in [-0.4, -0.2) is 0 Å². The van der Waals surface area contributed by atoms with Crippen LogP contribution in [0, 0.1) is 19.8 Å². The quantitative estimate of drug-likeness (QED) is 0.821. The average molecular weight is 217 g/mol. The normalized spacial score (nSPS) is 28.9. The van der Waals surface area contributed by atoms with Gasteiger partial charge in [-0.25, -0.2) is 0 Å². The minimum Gasteiger partial charge on any atom is -0.321 e. The van der Waals surface area contributed by atoms with E-state index < -0.39 is 0 Å².